The minimum absolute atomic E-state index is 0.0805. The molecule has 4 heteroatoms. The summed E-state index contributed by atoms with van der Waals surface area (Å²) in [6.07, 6.45) is -0.904. The van der Waals surface area contributed by atoms with E-state index < -0.39 is 11.9 Å². The number of halogens is 3. The molecular formula is C10H10F3N. The lowest BCUT2D eigenvalue weighted by molar-refractivity contribution is -0.141. The predicted molar refractivity (Wildman–Crippen MR) is 45.8 cm³/mol. The highest BCUT2D eigenvalue weighted by molar-refractivity contribution is 5.28. The van der Waals surface area contributed by atoms with Gasteiger partial charge in [-0.05, 0) is 29.9 Å². The van der Waals surface area contributed by atoms with Crippen molar-refractivity contribution in [2.75, 3.05) is 0 Å². The van der Waals surface area contributed by atoms with Gasteiger partial charge in [-0.2, -0.15) is 13.2 Å². The molecule has 1 aliphatic carbocycles. The van der Waals surface area contributed by atoms with Gasteiger partial charge >= 0.3 is 6.18 Å². The van der Waals surface area contributed by atoms with Crippen LogP contribution in [0.2, 0.25) is 0 Å². The van der Waals surface area contributed by atoms with E-state index in [0.717, 1.165) is 24.5 Å². The fraction of sp³-hybridized carbons (Fsp3) is 0.500. The summed E-state index contributed by atoms with van der Waals surface area (Å²) in [7, 11) is 0. The standard InChI is InChI=1S/C10H10F3N/c1-9(4-5-9)7-2-3-8(14-6-7)10(11,12)13/h2-3,6H,4-5H2,1H3. The van der Waals surface area contributed by atoms with Crippen LogP contribution in [0.4, 0.5) is 13.2 Å². The lowest BCUT2D eigenvalue weighted by Crippen LogP contribution is -2.09. The Morgan fingerprint density at radius 3 is 2.29 bits per heavy atom. The minimum Gasteiger partial charge on any atom is -0.251 e. The third kappa shape index (κ3) is 1.61. The quantitative estimate of drug-likeness (QED) is 0.680. The molecule has 0 bridgehead atoms. The molecule has 1 aromatic heterocycles. The Bertz CT molecular complexity index is 311. The summed E-state index contributed by atoms with van der Waals surface area (Å²) in [5, 5.41) is 0. The molecule has 0 aliphatic heterocycles. The fourth-order valence-corrected chi connectivity index (χ4v) is 1.39. The molecule has 0 saturated heterocycles. The van der Waals surface area contributed by atoms with E-state index in [1.165, 1.54) is 12.3 Å². The lowest BCUT2D eigenvalue weighted by atomic mass is 10.0. The topological polar surface area (TPSA) is 12.9 Å². The van der Waals surface area contributed by atoms with Crippen LogP contribution in [0.3, 0.4) is 0 Å². The van der Waals surface area contributed by atoms with Gasteiger partial charge in [0, 0.05) is 6.20 Å². The summed E-state index contributed by atoms with van der Waals surface area (Å²) >= 11 is 0. The summed E-state index contributed by atoms with van der Waals surface area (Å²) in [6.45, 7) is 2.04. The average Bonchev–Trinajstić information content (AvgIpc) is 2.84. The molecule has 0 radical (unpaired) electrons. The molecule has 0 amide bonds. The molecule has 2 rings (SSSR count). The van der Waals surface area contributed by atoms with Gasteiger partial charge in [0.1, 0.15) is 5.69 Å². The second-order valence-corrected chi connectivity index (χ2v) is 3.99. The number of nitrogens with zero attached hydrogens (tertiary/aromatic N) is 1. The van der Waals surface area contributed by atoms with E-state index in [9.17, 15) is 13.2 Å². The fourth-order valence-electron chi connectivity index (χ4n) is 1.39. The number of pyridine rings is 1. The Hall–Kier alpha value is -1.06. The Morgan fingerprint density at radius 2 is 1.93 bits per heavy atom. The zero-order chi connectivity index (χ0) is 10.4. The predicted octanol–water partition coefficient (Wildman–Crippen LogP) is 3.15. The summed E-state index contributed by atoms with van der Waals surface area (Å²) in [5.74, 6) is 0. The molecule has 1 aliphatic rings. The largest absolute Gasteiger partial charge is 0.433 e. The minimum atomic E-state index is -4.33. The molecular weight excluding hydrogens is 191 g/mol. The normalized spacial score (nSPS) is 19.4. The molecule has 0 unspecified atom stereocenters. The van der Waals surface area contributed by atoms with Crippen LogP contribution in [0.5, 0.6) is 0 Å². The highest BCUT2D eigenvalue weighted by Gasteiger charge is 2.40. The zero-order valence-corrected chi connectivity index (χ0v) is 7.73. The zero-order valence-electron chi connectivity index (χ0n) is 7.73. The summed E-state index contributed by atoms with van der Waals surface area (Å²) in [6, 6.07) is 2.59. The van der Waals surface area contributed by atoms with E-state index in [-0.39, 0.29) is 5.41 Å². The molecule has 14 heavy (non-hydrogen) atoms. The van der Waals surface area contributed by atoms with Crippen molar-refractivity contribution < 1.29 is 13.2 Å². The Labute approximate surface area is 80.0 Å². The van der Waals surface area contributed by atoms with Gasteiger partial charge in [-0.1, -0.05) is 13.0 Å². The van der Waals surface area contributed by atoms with Crippen LogP contribution in [-0.4, -0.2) is 4.98 Å². The van der Waals surface area contributed by atoms with Crippen LogP contribution in [0.25, 0.3) is 0 Å². The molecule has 1 nitrogen and oxygen atoms in total. The third-order valence-corrected chi connectivity index (χ3v) is 2.75. The van der Waals surface area contributed by atoms with E-state index >= 15 is 0 Å². The van der Waals surface area contributed by atoms with Crippen molar-refractivity contribution in [2.24, 2.45) is 0 Å². The first-order chi connectivity index (χ1) is 6.42. The first-order valence-electron chi connectivity index (χ1n) is 4.46. The molecule has 1 heterocycles. The highest BCUT2D eigenvalue weighted by atomic mass is 19.4. The molecule has 76 valence electrons. The van der Waals surface area contributed by atoms with E-state index in [1.807, 2.05) is 6.92 Å². The van der Waals surface area contributed by atoms with Gasteiger partial charge in [0.25, 0.3) is 0 Å². The van der Waals surface area contributed by atoms with Crippen LogP contribution in [-0.2, 0) is 11.6 Å². The Balaban J connectivity index is 2.27. The number of hydrogen-bond donors (Lipinski definition) is 0. The van der Waals surface area contributed by atoms with Crippen molar-refractivity contribution in [3.8, 4) is 0 Å². The van der Waals surface area contributed by atoms with Crippen molar-refractivity contribution in [1.29, 1.82) is 0 Å². The van der Waals surface area contributed by atoms with Crippen molar-refractivity contribution >= 4 is 0 Å². The van der Waals surface area contributed by atoms with Crippen LogP contribution in [0.1, 0.15) is 31.0 Å². The van der Waals surface area contributed by atoms with Gasteiger partial charge < -0.3 is 0 Å². The number of rotatable bonds is 1. The highest BCUT2D eigenvalue weighted by Crippen LogP contribution is 2.47. The molecule has 0 N–H and O–H groups in total. The van der Waals surface area contributed by atoms with E-state index in [0.29, 0.717) is 0 Å². The van der Waals surface area contributed by atoms with Crippen molar-refractivity contribution in [3.05, 3.63) is 29.6 Å². The second-order valence-electron chi connectivity index (χ2n) is 3.99. The maximum atomic E-state index is 12.2. The van der Waals surface area contributed by atoms with Crippen molar-refractivity contribution in [1.82, 2.24) is 4.98 Å². The first-order valence-corrected chi connectivity index (χ1v) is 4.46. The summed E-state index contributed by atoms with van der Waals surface area (Å²) in [4.78, 5) is 3.43. The Morgan fingerprint density at radius 1 is 1.29 bits per heavy atom. The van der Waals surface area contributed by atoms with Gasteiger partial charge in [-0.25, -0.2) is 0 Å². The molecule has 0 spiro atoms. The third-order valence-electron chi connectivity index (χ3n) is 2.75. The van der Waals surface area contributed by atoms with Crippen LogP contribution < -0.4 is 0 Å². The number of alkyl halides is 3. The Kier molecular flexibility index (Phi) is 1.84. The second kappa shape index (κ2) is 2.72. The van der Waals surface area contributed by atoms with E-state index in [1.54, 1.807) is 0 Å². The average molecular weight is 201 g/mol. The summed E-state index contributed by atoms with van der Waals surface area (Å²) in [5.41, 5.74) is 0.174. The van der Waals surface area contributed by atoms with Gasteiger partial charge in [0.05, 0.1) is 0 Å². The molecule has 1 fully saturated rings. The van der Waals surface area contributed by atoms with Crippen LogP contribution in [0.15, 0.2) is 18.3 Å². The maximum absolute atomic E-state index is 12.2. The smallest absolute Gasteiger partial charge is 0.251 e. The SMILES string of the molecule is CC1(c2ccc(C(F)(F)F)nc2)CC1. The number of hydrogen-bond acceptors (Lipinski definition) is 1. The monoisotopic (exact) mass is 201 g/mol. The molecule has 1 aromatic rings. The van der Waals surface area contributed by atoms with Gasteiger partial charge in [-0.3, -0.25) is 4.98 Å². The molecule has 0 aromatic carbocycles. The molecule has 0 atom stereocenters. The van der Waals surface area contributed by atoms with Crippen LogP contribution >= 0.6 is 0 Å². The summed E-state index contributed by atoms with van der Waals surface area (Å²) < 4.78 is 36.5. The molecule has 1 saturated carbocycles. The first kappa shape index (κ1) is 9.49. The van der Waals surface area contributed by atoms with Crippen molar-refractivity contribution in [3.63, 3.8) is 0 Å². The van der Waals surface area contributed by atoms with Crippen LogP contribution in [0, 0.1) is 0 Å². The van der Waals surface area contributed by atoms with Gasteiger partial charge in [-0.15, -0.1) is 0 Å². The van der Waals surface area contributed by atoms with Gasteiger partial charge in [0.15, 0.2) is 0 Å². The lowest BCUT2D eigenvalue weighted by Gasteiger charge is -2.10. The number of aromatic nitrogens is 1. The van der Waals surface area contributed by atoms with E-state index in [4.69, 9.17) is 0 Å². The van der Waals surface area contributed by atoms with E-state index in [2.05, 4.69) is 4.98 Å². The van der Waals surface area contributed by atoms with Crippen molar-refractivity contribution in [2.45, 2.75) is 31.4 Å². The maximum Gasteiger partial charge on any atom is 0.433 e. The van der Waals surface area contributed by atoms with Gasteiger partial charge in [0.2, 0.25) is 0 Å².